The van der Waals surface area contributed by atoms with Crippen LogP contribution in [0.2, 0.25) is 0 Å². The summed E-state index contributed by atoms with van der Waals surface area (Å²) in [5, 5.41) is 15.9. The van der Waals surface area contributed by atoms with Crippen molar-refractivity contribution < 1.29 is 14.3 Å². The first-order valence-corrected chi connectivity index (χ1v) is 4.86. The van der Waals surface area contributed by atoms with E-state index in [9.17, 15) is 14.3 Å². The van der Waals surface area contributed by atoms with E-state index in [1.807, 2.05) is 0 Å². The number of anilines is 1. The van der Waals surface area contributed by atoms with Crippen LogP contribution in [0.1, 0.15) is 10.4 Å². The molecular formula is C11H10FN3O2. The summed E-state index contributed by atoms with van der Waals surface area (Å²) in [5.74, 6) is -1.18. The van der Waals surface area contributed by atoms with E-state index in [-0.39, 0.29) is 5.56 Å². The molecule has 1 aromatic heterocycles. The summed E-state index contributed by atoms with van der Waals surface area (Å²) in [5.41, 5.74) is -0.00273. The summed E-state index contributed by atoms with van der Waals surface area (Å²) < 4.78 is 14.3. The van der Waals surface area contributed by atoms with Crippen molar-refractivity contribution in [1.82, 2.24) is 9.78 Å². The Labute approximate surface area is 96.5 Å². The van der Waals surface area contributed by atoms with Crippen LogP contribution in [-0.4, -0.2) is 20.8 Å². The Morgan fingerprint density at radius 1 is 1.47 bits per heavy atom. The van der Waals surface area contributed by atoms with Gasteiger partial charge in [0.15, 0.2) is 5.82 Å². The second-order valence-electron chi connectivity index (χ2n) is 3.49. The van der Waals surface area contributed by atoms with Gasteiger partial charge in [0.05, 0.1) is 5.56 Å². The summed E-state index contributed by atoms with van der Waals surface area (Å²) in [7, 11) is 1.71. The Morgan fingerprint density at radius 2 is 2.24 bits per heavy atom. The Kier molecular flexibility index (Phi) is 2.78. The van der Waals surface area contributed by atoms with Crippen LogP contribution in [0.25, 0.3) is 0 Å². The lowest BCUT2D eigenvalue weighted by Gasteiger charge is -2.04. The highest BCUT2D eigenvalue weighted by Crippen LogP contribution is 2.19. The average Bonchev–Trinajstić information content (AvgIpc) is 2.63. The molecular weight excluding hydrogens is 225 g/mol. The van der Waals surface area contributed by atoms with E-state index in [0.717, 1.165) is 12.1 Å². The topological polar surface area (TPSA) is 67.2 Å². The van der Waals surface area contributed by atoms with Crippen LogP contribution < -0.4 is 5.32 Å². The third-order valence-electron chi connectivity index (χ3n) is 2.16. The number of phenolic OH excluding ortho intramolecular Hbond substituents is 1. The number of hydrogen-bond acceptors (Lipinski definition) is 3. The molecule has 1 heterocycles. The lowest BCUT2D eigenvalue weighted by Crippen LogP contribution is -2.12. The Morgan fingerprint density at radius 3 is 2.82 bits per heavy atom. The van der Waals surface area contributed by atoms with Gasteiger partial charge in [-0.3, -0.25) is 9.48 Å². The highest BCUT2D eigenvalue weighted by Gasteiger charge is 2.12. The van der Waals surface area contributed by atoms with Gasteiger partial charge >= 0.3 is 0 Å². The van der Waals surface area contributed by atoms with E-state index in [2.05, 4.69) is 10.4 Å². The second-order valence-corrected chi connectivity index (χ2v) is 3.49. The highest BCUT2D eigenvalue weighted by molar-refractivity contribution is 6.05. The van der Waals surface area contributed by atoms with E-state index < -0.39 is 17.5 Å². The van der Waals surface area contributed by atoms with Gasteiger partial charge in [-0.1, -0.05) is 0 Å². The molecule has 2 rings (SSSR count). The fourth-order valence-corrected chi connectivity index (χ4v) is 1.36. The van der Waals surface area contributed by atoms with Gasteiger partial charge < -0.3 is 10.4 Å². The van der Waals surface area contributed by atoms with Gasteiger partial charge in [-0.25, -0.2) is 4.39 Å². The predicted octanol–water partition coefficient (Wildman–Crippen LogP) is 1.52. The summed E-state index contributed by atoms with van der Waals surface area (Å²) >= 11 is 0. The summed E-state index contributed by atoms with van der Waals surface area (Å²) in [6.45, 7) is 0. The number of rotatable bonds is 2. The van der Waals surface area contributed by atoms with Gasteiger partial charge in [0, 0.05) is 25.4 Å². The van der Waals surface area contributed by atoms with Gasteiger partial charge in [0.1, 0.15) is 11.6 Å². The van der Waals surface area contributed by atoms with Crippen molar-refractivity contribution in [2.24, 2.45) is 7.05 Å². The van der Waals surface area contributed by atoms with E-state index >= 15 is 0 Å². The maximum absolute atomic E-state index is 12.7. The fraction of sp³-hybridized carbons (Fsp3) is 0.0909. The lowest BCUT2D eigenvalue weighted by molar-refractivity contribution is 0.102. The van der Waals surface area contributed by atoms with Crippen LogP contribution in [0.4, 0.5) is 10.2 Å². The number of aromatic nitrogens is 2. The van der Waals surface area contributed by atoms with Crippen molar-refractivity contribution in [3.8, 4) is 5.75 Å². The molecule has 0 saturated heterocycles. The number of benzene rings is 1. The monoisotopic (exact) mass is 235 g/mol. The molecule has 0 saturated carbocycles. The number of amides is 1. The normalized spacial score (nSPS) is 10.2. The standard InChI is InChI=1S/C11H10FN3O2/c1-15-5-4-10(14-15)13-11(17)8-3-2-7(12)6-9(8)16/h2-6,16H,1H3,(H,13,14,17). The number of halogens is 1. The predicted molar refractivity (Wildman–Crippen MR) is 59.2 cm³/mol. The number of aromatic hydroxyl groups is 1. The van der Waals surface area contributed by atoms with Crippen molar-refractivity contribution in [1.29, 1.82) is 0 Å². The largest absolute Gasteiger partial charge is 0.507 e. The van der Waals surface area contributed by atoms with E-state index in [4.69, 9.17) is 0 Å². The maximum Gasteiger partial charge on any atom is 0.260 e. The molecule has 0 aliphatic heterocycles. The maximum atomic E-state index is 12.7. The molecule has 0 unspecified atom stereocenters. The molecule has 0 fully saturated rings. The molecule has 0 aliphatic carbocycles. The highest BCUT2D eigenvalue weighted by atomic mass is 19.1. The zero-order valence-corrected chi connectivity index (χ0v) is 9.01. The quantitative estimate of drug-likeness (QED) is 0.829. The minimum atomic E-state index is -0.600. The number of carbonyl (C=O) groups is 1. The van der Waals surface area contributed by atoms with Crippen LogP contribution in [0, 0.1) is 5.82 Å². The first-order valence-electron chi connectivity index (χ1n) is 4.86. The van der Waals surface area contributed by atoms with Crippen LogP contribution >= 0.6 is 0 Å². The number of carbonyl (C=O) groups excluding carboxylic acids is 1. The number of aryl methyl sites for hydroxylation is 1. The Balaban J connectivity index is 2.20. The molecule has 0 aliphatic rings. The number of phenols is 1. The van der Waals surface area contributed by atoms with Gasteiger partial charge in [-0.2, -0.15) is 5.10 Å². The van der Waals surface area contributed by atoms with Crippen molar-refractivity contribution >= 4 is 11.7 Å². The van der Waals surface area contributed by atoms with E-state index in [1.165, 1.54) is 10.7 Å². The molecule has 1 amide bonds. The third-order valence-corrected chi connectivity index (χ3v) is 2.16. The number of hydrogen-bond donors (Lipinski definition) is 2. The summed E-state index contributed by atoms with van der Waals surface area (Å²) in [4.78, 5) is 11.7. The van der Waals surface area contributed by atoms with Gasteiger partial charge in [-0.05, 0) is 12.1 Å². The number of nitrogens with zero attached hydrogens (tertiary/aromatic N) is 2. The molecule has 6 heteroatoms. The number of nitrogens with one attached hydrogen (secondary N) is 1. The lowest BCUT2D eigenvalue weighted by atomic mass is 10.2. The first kappa shape index (κ1) is 11.1. The summed E-state index contributed by atoms with van der Waals surface area (Å²) in [6.07, 6.45) is 1.67. The molecule has 88 valence electrons. The molecule has 0 bridgehead atoms. The van der Waals surface area contributed by atoms with Crippen LogP contribution in [0.15, 0.2) is 30.5 Å². The van der Waals surface area contributed by atoms with Gasteiger partial charge in [0.2, 0.25) is 0 Å². The van der Waals surface area contributed by atoms with Crippen LogP contribution in [0.5, 0.6) is 5.75 Å². The van der Waals surface area contributed by atoms with Crippen molar-refractivity contribution in [3.63, 3.8) is 0 Å². The van der Waals surface area contributed by atoms with Gasteiger partial charge in [-0.15, -0.1) is 0 Å². The Bertz CT molecular complexity index is 566. The molecule has 2 aromatic rings. The van der Waals surface area contributed by atoms with Crippen LogP contribution in [0.3, 0.4) is 0 Å². The van der Waals surface area contributed by atoms with E-state index in [1.54, 1.807) is 19.3 Å². The van der Waals surface area contributed by atoms with Crippen molar-refractivity contribution in [2.75, 3.05) is 5.32 Å². The second kappa shape index (κ2) is 4.25. The smallest absolute Gasteiger partial charge is 0.260 e. The zero-order chi connectivity index (χ0) is 12.4. The molecule has 1 aromatic carbocycles. The fourth-order valence-electron chi connectivity index (χ4n) is 1.36. The first-order chi connectivity index (χ1) is 8.06. The average molecular weight is 235 g/mol. The summed E-state index contributed by atoms with van der Waals surface area (Å²) in [6, 6.07) is 4.81. The van der Waals surface area contributed by atoms with Gasteiger partial charge in [0.25, 0.3) is 5.91 Å². The van der Waals surface area contributed by atoms with E-state index in [0.29, 0.717) is 5.82 Å². The third kappa shape index (κ3) is 2.41. The minimum absolute atomic E-state index is 0.00273. The molecule has 5 nitrogen and oxygen atoms in total. The molecule has 0 atom stereocenters. The van der Waals surface area contributed by atoms with Crippen molar-refractivity contribution in [2.45, 2.75) is 0 Å². The molecule has 0 spiro atoms. The molecule has 0 radical (unpaired) electrons. The van der Waals surface area contributed by atoms with Crippen LogP contribution in [-0.2, 0) is 7.05 Å². The Hall–Kier alpha value is -2.37. The molecule has 17 heavy (non-hydrogen) atoms. The zero-order valence-electron chi connectivity index (χ0n) is 9.01. The van der Waals surface area contributed by atoms with Crippen molar-refractivity contribution in [3.05, 3.63) is 41.8 Å². The molecule has 2 N–H and O–H groups in total. The SMILES string of the molecule is Cn1ccc(NC(=O)c2ccc(F)cc2O)n1. The minimum Gasteiger partial charge on any atom is -0.507 e.